The van der Waals surface area contributed by atoms with Crippen molar-refractivity contribution >= 4 is 11.6 Å². The van der Waals surface area contributed by atoms with E-state index in [1.165, 1.54) is 0 Å². The van der Waals surface area contributed by atoms with Crippen molar-refractivity contribution in [3.63, 3.8) is 0 Å². The minimum atomic E-state index is -0.519. The molecule has 0 aliphatic heterocycles. The molecule has 1 atom stereocenters. The van der Waals surface area contributed by atoms with Gasteiger partial charge in [-0.25, -0.2) is 0 Å². The maximum Gasteiger partial charge on any atom is 0.0897 e. The first-order valence-electron chi connectivity index (χ1n) is 6.92. The summed E-state index contributed by atoms with van der Waals surface area (Å²) in [7, 11) is 0. The number of ether oxygens (including phenoxy) is 1. The molecular formula is C15H20ClN3O2. The number of benzene rings is 1. The molecule has 0 saturated heterocycles. The fraction of sp³-hybridized carbons (Fsp3) is 0.400. The van der Waals surface area contributed by atoms with Gasteiger partial charge in [0.15, 0.2) is 0 Å². The molecule has 0 radical (unpaired) electrons. The van der Waals surface area contributed by atoms with Crippen LogP contribution in [0.2, 0.25) is 5.02 Å². The molecule has 1 aromatic carbocycles. The van der Waals surface area contributed by atoms with Gasteiger partial charge in [-0.1, -0.05) is 23.7 Å². The van der Waals surface area contributed by atoms with Crippen molar-refractivity contribution < 1.29 is 9.84 Å². The third kappa shape index (κ3) is 6.27. The molecular weight excluding hydrogens is 290 g/mol. The molecule has 5 nitrogen and oxygen atoms in total. The zero-order valence-corrected chi connectivity index (χ0v) is 12.5. The molecule has 0 spiro atoms. The van der Waals surface area contributed by atoms with Crippen LogP contribution in [0.4, 0.5) is 0 Å². The van der Waals surface area contributed by atoms with Gasteiger partial charge in [-0.15, -0.1) is 0 Å². The fourth-order valence-corrected chi connectivity index (χ4v) is 1.97. The van der Waals surface area contributed by atoms with E-state index in [0.717, 1.165) is 18.7 Å². The highest BCUT2D eigenvalue weighted by Crippen LogP contribution is 2.10. The minimum Gasteiger partial charge on any atom is -0.389 e. The Kier molecular flexibility index (Phi) is 6.69. The number of aliphatic hydroxyl groups is 1. The summed E-state index contributed by atoms with van der Waals surface area (Å²) < 4.78 is 7.32. The van der Waals surface area contributed by atoms with Crippen LogP contribution < -0.4 is 5.32 Å². The molecule has 0 amide bonds. The second kappa shape index (κ2) is 8.79. The average Bonchev–Trinajstić information content (AvgIpc) is 2.99. The number of nitrogens with zero attached hydrogens (tertiary/aromatic N) is 2. The van der Waals surface area contributed by atoms with Crippen LogP contribution in [-0.2, 0) is 17.9 Å². The van der Waals surface area contributed by atoms with Gasteiger partial charge in [-0.3, -0.25) is 4.68 Å². The Morgan fingerprint density at radius 2 is 2.14 bits per heavy atom. The first-order chi connectivity index (χ1) is 10.2. The van der Waals surface area contributed by atoms with Crippen LogP contribution in [0.5, 0.6) is 0 Å². The topological polar surface area (TPSA) is 59.3 Å². The Morgan fingerprint density at radius 1 is 1.33 bits per heavy atom. The summed E-state index contributed by atoms with van der Waals surface area (Å²) in [5.74, 6) is 0. The fourth-order valence-electron chi connectivity index (χ4n) is 1.85. The van der Waals surface area contributed by atoms with E-state index < -0.39 is 6.10 Å². The van der Waals surface area contributed by atoms with Crippen molar-refractivity contribution in [2.45, 2.75) is 19.3 Å². The highest BCUT2D eigenvalue weighted by Gasteiger charge is 2.04. The van der Waals surface area contributed by atoms with Gasteiger partial charge < -0.3 is 15.2 Å². The van der Waals surface area contributed by atoms with E-state index in [-0.39, 0.29) is 0 Å². The van der Waals surface area contributed by atoms with Crippen LogP contribution in [0.3, 0.4) is 0 Å². The van der Waals surface area contributed by atoms with E-state index in [0.29, 0.717) is 24.8 Å². The molecule has 2 N–H and O–H groups in total. The zero-order chi connectivity index (χ0) is 14.9. The second-order valence-electron chi connectivity index (χ2n) is 4.77. The predicted octanol–water partition coefficient (Wildman–Crippen LogP) is 1.70. The van der Waals surface area contributed by atoms with Gasteiger partial charge in [0, 0.05) is 30.5 Å². The standard InChI is InChI=1S/C15H20ClN3O2/c16-14-4-2-13(3-5-14)11-21-12-15(20)10-17-7-9-19-8-1-6-18-19/h1-6,8,15,17,20H,7,9-12H2. The molecule has 1 aromatic heterocycles. The lowest BCUT2D eigenvalue weighted by atomic mass is 10.2. The highest BCUT2D eigenvalue weighted by atomic mass is 35.5. The van der Waals surface area contributed by atoms with E-state index in [2.05, 4.69) is 10.4 Å². The number of hydrogen-bond acceptors (Lipinski definition) is 4. The van der Waals surface area contributed by atoms with Crippen molar-refractivity contribution in [1.29, 1.82) is 0 Å². The number of aliphatic hydroxyl groups excluding tert-OH is 1. The second-order valence-corrected chi connectivity index (χ2v) is 5.21. The maximum atomic E-state index is 9.80. The largest absolute Gasteiger partial charge is 0.389 e. The van der Waals surface area contributed by atoms with Crippen molar-refractivity contribution in [2.24, 2.45) is 0 Å². The SMILES string of the molecule is OC(CNCCn1cccn1)COCc1ccc(Cl)cc1. The van der Waals surface area contributed by atoms with Gasteiger partial charge in [0.1, 0.15) is 0 Å². The number of halogens is 1. The Morgan fingerprint density at radius 3 is 2.86 bits per heavy atom. The van der Waals surface area contributed by atoms with Crippen LogP contribution in [0.1, 0.15) is 5.56 Å². The molecule has 1 heterocycles. The summed E-state index contributed by atoms with van der Waals surface area (Å²) in [5.41, 5.74) is 1.04. The molecule has 1 unspecified atom stereocenters. The summed E-state index contributed by atoms with van der Waals surface area (Å²) in [4.78, 5) is 0. The monoisotopic (exact) mass is 309 g/mol. The number of hydrogen-bond donors (Lipinski definition) is 2. The first-order valence-corrected chi connectivity index (χ1v) is 7.30. The molecule has 2 rings (SSSR count). The average molecular weight is 310 g/mol. The van der Waals surface area contributed by atoms with Gasteiger partial charge in [0.25, 0.3) is 0 Å². The molecule has 6 heteroatoms. The van der Waals surface area contributed by atoms with Crippen molar-refractivity contribution in [3.05, 3.63) is 53.3 Å². The highest BCUT2D eigenvalue weighted by molar-refractivity contribution is 6.30. The number of aromatic nitrogens is 2. The Hall–Kier alpha value is -1.40. The maximum absolute atomic E-state index is 9.80. The molecule has 0 bridgehead atoms. The van der Waals surface area contributed by atoms with E-state index in [9.17, 15) is 5.11 Å². The van der Waals surface area contributed by atoms with Gasteiger partial charge in [-0.05, 0) is 23.8 Å². The van der Waals surface area contributed by atoms with Crippen molar-refractivity contribution in [3.8, 4) is 0 Å². The van der Waals surface area contributed by atoms with E-state index in [1.807, 2.05) is 41.2 Å². The molecule has 0 aliphatic rings. The summed E-state index contributed by atoms with van der Waals surface area (Å²) in [6.45, 7) is 2.82. The van der Waals surface area contributed by atoms with Crippen LogP contribution in [-0.4, -0.2) is 40.7 Å². The molecule has 0 aliphatic carbocycles. The van der Waals surface area contributed by atoms with Crippen LogP contribution >= 0.6 is 11.6 Å². The van der Waals surface area contributed by atoms with E-state index in [1.54, 1.807) is 6.20 Å². The summed E-state index contributed by atoms with van der Waals surface area (Å²) in [6.07, 6.45) is 3.14. The summed E-state index contributed by atoms with van der Waals surface area (Å²) >= 11 is 5.81. The van der Waals surface area contributed by atoms with Gasteiger partial charge >= 0.3 is 0 Å². The molecule has 114 valence electrons. The zero-order valence-electron chi connectivity index (χ0n) is 11.8. The van der Waals surface area contributed by atoms with Crippen LogP contribution in [0, 0.1) is 0 Å². The molecule has 0 fully saturated rings. The van der Waals surface area contributed by atoms with E-state index in [4.69, 9.17) is 16.3 Å². The normalized spacial score (nSPS) is 12.5. The Balaban J connectivity index is 1.53. The molecule has 2 aromatic rings. The molecule has 21 heavy (non-hydrogen) atoms. The quantitative estimate of drug-likeness (QED) is 0.692. The van der Waals surface area contributed by atoms with Gasteiger partial charge in [0.05, 0.1) is 25.9 Å². The van der Waals surface area contributed by atoms with Crippen LogP contribution in [0.15, 0.2) is 42.7 Å². The van der Waals surface area contributed by atoms with Gasteiger partial charge in [-0.2, -0.15) is 5.10 Å². The van der Waals surface area contributed by atoms with Crippen LogP contribution in [0.25, 0.3) is 0 Å². The smallest absolute Gasteiger partial charge is 0.0897 e. The Labute approximate surface area is 129 Å². The third-order valence-corrected chi connectivity index (χ3v) is 3.20. The lowest BCUT2D eigenvalue weighted by Gasteiger charge is -2.12. The van der Waals surface area contributed by atoms with Crippen molar-refractivity contribution in [2.75, 3.05) is 19.7 Å². The van der Waals surface area contributed by atoms with E-state index >= 15 is 0 Å². The lowest BCUT2D eigenvalue weighted by Crippen LogP contribution is -2.32. The summed E-state index contributed by atoms with van der Waals surface area (Å²) in [5, 5.41) is 17.8. The van der Waals surface area contributed by atoms with Gasteiger partial charge in [0.2, 0.25) is 0 Å². The van der Waals surface area contributed by atoms with Crippen molar-refractivity contribution in [1.82, 2.24) is 15.1 Å². The number of nitrogens with one attached hydrogen (secondary N) is 1. The predicted molar refractivity (Wildman–Crippen MR) is 82.2 cm³/mol. The first kappa shape index (κ1) is 16.0. The molecule has 0 saturated carbocycles. The minimum absolute atomic E-state index is 0.303. The Bertz CT molecular complexity index is 502. The third-order valence-electron chi connectivity index (χ3n) is 2.95. The number of rotatable bonds is 9. The lowest BCUT2D eigenvalue weighted by molar-refractivity contribution is 0.0288. The summed E-state index contributed by atoms with van der Waals surface area (Å²) in [6, 6.07) is 9.37.